The van der Waals surface area contributed by atoms with Crippen molar-refractivity contribution in [2.75, 3.05) is 31.6 Å². The first kappa shape index (κ1) is 14.3. The summed E-state index contributed by atoms with van der Waals surface area (Å²) in [5, 5.41) is 20.1. The van der Waals surface area contributed by atoms with E-state index < -0.39 is 10.9 Å². The van der Waals surface area contributed by atoms with Gasteiger partial charge in [0, 0.05) is 37.8 Å². The molecule has 7 heteroatoms. The Bertz CT molecular complexity index is 546. The highest BCUT2D eigenvalue weighted by atomic mass is 16.6. The summed E-state index contributed by atoms with van der Waals surface area (Å²) in [6, 6.07) is 3.99. The van der Waals surface area contributed by atoms with Crippen molar-refractivity contribution < 1.29 is 14.8 Å². The summed E-state index contributed by atoms with van der Waals surface area (Å²) in [7, 11) is 2.00. The summed E-state index contributed by atoms with van der Waals surface area (Å²) in [4.78, 5) is 25.8. The first-order valence-corrected chi connectivity index (χ1v) is 6.37. The minimum atomic E-state index is -1.07. The molecule has 1 aromatic rings. The molecular weight excluding hydrogens is 262 g/mol. The number of nitrogens with zero attached hydrogens (tertiary/aromatic N) is 3. The zero-order valence-corrected chi connectivity index (χ0v) is 11.4. The number of hydrogen-bond donors (Lipinski definition) is 1. The van der Waals surface area contributed by atoms with Crippen LogP contribution in [0.4, 0.5) is 11.4 Å². The molecular formula is C13H17N3O4. The fourth-order valence-corrected chi connectivity index (χ4v) is 2.55. The Morgan fingerprint density at radius 3 is 2.70 bits per heavy atom. The molecule has 0 amide bonds. The van der Waals surface area contributed by atoms with E-state index in [1.54, 1.807) is 0 Å². The van der Waals surface area contributed by atoms with Gasteiger partial charge in [-0.2, -0.15) is 0 Å². The van der Waals surface area contributed by atoms with Gasteiger partial charge >= 0.3 is 5.97 Å². The number of benzene rings is 1. The Balaban J connectivity index is 2.44. The van der Waals surface area contributed by atoms with Gasteiger partial charge in [0.25, 0.3) is 5.69 Å². The van der Waals surface area contributed by atoms with E-state index in [2.05, 4.69) is 4.90 Å². The number of hydrogen-bond acceptors (Lipinski definition) is 5. The fourth-order valence-electron chi connectivity index (χ4n) is 2.55. The predicted molar refractivity (Wildman–Crippen MR) is 74.4 cm³/mol. The normalized spacial score (nSPS) is 19.9. The molecule has 0 aliphatic carbocycles. The smallest absolute Gasteiger partial charge is 0.337 e. The topological polar surface area (TPSA) is 86.9 Å². The van der Waals surface area contributed by atoms with Crippen LogP contribution >= 0.6 is 0 Å². The third kappa shape index (κ3) is 2.72. The second-order valence-electron chi connectivity index (χ2n) is 5.07. The number of carbonyl (C=O) groups is 1. The first-order chi connectivity index (χ1) is 9.40. The molecule has 7 nitrogen and oxygen atoms in total. The molecule has 1 aromatic carbocycles. The average Bonchev–Trinajstić information content (AvgIpc) is 2.37. The van der Waals surface area contributed by atoms with Gasteiger partial charge < -0.3 is 14.9 Å². The Morgan fingerprint density at radius 2 is 2.15 bits per heavy atom. The van der Waals surface area contributed by atoms with Crippen LogP contribution in [-0.4, -0.2) is 53.6 Å². The van der Waals surface area contributed by atoms with Crippen molar-refractivity contribution in [1.29, 1.82) is 0 Å². The minimum Gasteiger partial charge on any atom is -0.478 e. The highest BCUT2D eigenvalue weighted by Gasteiger charge is 2.27. The Labute approximate surface area is 116 Å². The number of piperazine rings is 1. The molecule has 0 bridgehead atoms. The number of likely N-dealkylation sites (N-methyl/N-ethyl adjacent to an activating group) is 1. The molecule has 1 unspecified atom stereocenters. The maximum absolute atomic E-state index is 11.3. The predicted octanol–water partition coefficient (Wildman–Crippen LogP) is 1.43. The van der Waals surface area contributed by atoms with Crippen LogP contribution in [-0.2, 0) is 0 Å². The van der Waals surface area contributed by atoms with E-state index >= 15 is 0 Å². The SMILES string of the molecule is CC1CN(C)CCN1c1cc([N+](=O)[O-])ccc1C(=O)O. The molecule has 2 rings (SSSR count). The van der Waals surface area contributed by atoms with Crippen LogP contribution in [0.1, 0.15) is 17.3 Å². The second-order valence-corrected chi connectivity index (χ2v) is 5.07. The van der Waals surface area contributed by atoms with Crippen molar-refractivity contribution >= 4 is 17.3 Å². The molecule has 1 saturated heterocycles. The lowest BCUT2D eigenvalue weighted by Crippen LogP contribution is -2.51. The van der Waals surface area contributed by atoms with E-state index in [-0.39, 0.29) is 17.3 Å². The van der Waals surface area contributed by atoms with Crippen molar-refractivity contribution in [2.45, 2.75) is 13.0 Å². The Hall–Kier alpha value is -2.15. The number of nitro groups is 1. The fraction of sp³-hybridized carbons (Fsp3) is 0.462. The van der Waals surface area contributed by atoms with Crippen molar-refractivity contribution in [1.82, 2.24) is 4.90 Å². The number of aromatic carboxylic acids is 1. The van der Waals surface area contributed by atoms with Crippen LogP contribution in [0.5, 0.6) is 0 Å². The van der Waals surface area contributed by atoms with Gasteiger partial charge in [-0.15, -0.1) is 0 Å². The quantitative estimate of drug-likeness (QED) is 0.665. The summed E-state index contributed by atoms with van der Waals surface area (Å²) in [5.74, 6) is -1.07. The largest absolute Gasteiger partial charge is 0.478 e. The zero-order valence-electron chi connectivity index (χ0n) is 11.4. The van der Waals surface area contributed by atoms with Crippen molar-refractivity contribution in [3.05, 3.63) is 33.9 Å². The average molecular weight is 279 g/mol. The van der Waals surface area contributed by atoms with Gasteiger partial charge in [-0.05, 0) is 20.0 Å². The molecule has 1 aliphatic heterocycles. The summed E-state index contributed by atoms with van der Waals surface area (Å²) >= 11 is 0. The summed E-state index contributed by atoms with van der Waals surface area (Å²) in [6.07, 6.45) is 0. The molecule has 1 N–H and O–H groups in total. The van der Waals surface area contributed by atoms with Crippen molar-refractivity contribution in [3.63, 3.8) is 0 Å². The number of carboxylic acid groups (broad SMARTS) is 1. The molecule has 0 saturated carbocycles. The minimum absolute atomic E-state index is 0.0869. The second kappa shape index (κ2) is 5.46. The third-order valence-corrected chi connectivity index (χ3v) is 3.56. The molecule has 1 heterocycles. The van der Waals surface area contributed by atoms with E-state index in [9.17, 15) is 20.0 Å². The van der Waals surface area contributed by atoms with E-state index in [1.807, 2.05) is 18.9 Å². The van der Waals surface area contributed by atoms with Crippen LogP contribution in [0.3, 0.4) is 0 Å². The molecule has 0 aromatic heterocycles. The lowest BCUT2D eigenvalue weighted by molar-refractivity contribution is -0.384. The number of nitro benzene ring substituents is 1. The van der Waals surface area contributed by atoms with E-state index in [0.717, 1.165) is 13.1 Å². The number of carboxylic acids is 1. The van der Waals surface area contributed by atoms with Crippen LogP contribution in [0.2, 0.25) is 0 Å². The Morgan fingerprint density at radius 1 is 1.45 bits per heavy atom. The molecule has 1 fully saturated rings. The van der Waals surface area contributed by atoms with Gasteiger partial charge in [0.15, 0.2) is 0 Å². The third-order valence-electron chi connectivity index (χ3n) is 3.56. The van der Waals surface area contributed by atoms with Crippen molar-refractivity contribution in [2.24, 2.45) is 0 Å². The molecule has 0 radical (unpaired) electrons. The standard InChI is InChI=1S/C13H17N3O4/c1-9-8-14(2)5-6-15(9)12-7-10(16(19)20)3-4-11(12)13(17)18/h3-4,7,9H,5-6,8H2,1-2H3,(H,17,18). The molecule has 20 heavy (non-hydrogen) atoms. The van der Waals surface area contributed by atoms with Gasteiger partial charge in [0.05, 0.1) is 16.2 Å². The van der Waals surface area contributed by atoms with Gasteiger partial charge in [0.1, 0.15) is 0 Å². The maximum atomic E-state index is 11.3. The highest BCUT2D eigenvalue weighted by Crippen LogP contribution is 2.29. The molecule has 108 valence electrons. The molecule has 1 aliphatic rings. The highest BCUT2D eigenvalue weighted by molar-refractivity contribution is 5.95. The first-order valence-electron chi connectivity index (χ1n) is 6.37. The lowest BCUT2D eigenvalue weighted by atomic mass is 10.1. The summed E-state index contributed by atoms with van der Waals surface area (Å²) in [6.45, 7) is 4.23. The van der Waals surface area contributed by atoms with Gasteiger partial charge in [-0.25, -0.2) is 4.79 Å². The van der Waals surface area contributed by atoms with Crippen LogP contribution in [0.25, 0.3) is 0 Å². The van der Waals surface area contributed by atoms with E-state index in [1.165, 1.54) is 18.2 Å². The Kier molecular flexibility index (Phi) is 3.89. The monoisotopic (exact) mass is 279 g/mol. The molecule has 1 atom stereocenters. The lowest BCUT2D eigenvalue weighted by Gasteiger charge is -2.40. The molecule has 0 spiro atoms. The summed E-state index contributed by atoms with van der Waals surface area (Å²) in [5.41, 5.74) is 0.440. The zero-order chi connectivity index (χ0) is 14.9. The van der Waals surface area contributed by atoms with Gasteiger partial charge in [-0.1, -0.05) is 0 Å². The van der Waals surface area contributed by atoms with Gasteiger partial charge in [-0.3, -0.25) is 10.1 Å². The van der Waals surface area contributed by atoms with E-state index in [0.29, 0.717) is 12.2 Å². The number of rotatable bonds is 3. The van der Waals surface area contributed by atoms with Crippen molar-refractivity contribution in [3.8, 4) is 0 Å². The maximum Gasteiger partial charge on any atom is 0.337 e. The summed E-state index contributed by atoms with van der Waals surface area (Å²) < 4.78 is 0. The van der Waals surface area contributed by atoms with Crippen LogP contribution < -0.4 is 4.90 Å². The van der Waals surface area contributed by atoms with E-state index in [4.69, 9.17) is 0 Å². The number of anilines is 1. The van der Waals surface area contributed by atoms with Gasteiger partial charge in [0.2, 0.25) is 0 Å². The number of non-ortho nitro benzene ring substituents is 1. The van der Waals surface area contributed by atoms with Crippen LogP contribution in [0.15, 0.2) is 18.2 Å². The van der Waals surface area contributed by atoms with Crippen LogP contribution in [0, 0.1) is 10.1 Å².